The molecular formula is C15H22N3O2+. The first-order chi connectivity index (χ1) is 9.45. The zero-order chi connectivity index (χ0) is 14.7. The van der Waals surface area contributed by atoms with Crippen molar-refractivity contribution >= 4 is 17.5 Å². The number of rotatable bonds is 3. The summed E-state index contributed by atoms with van der Waals surface area (Å²) in [5.74, 6) is -0.0218. The van der Waals surface area contributed by atoms with Crippen LogP contribution in [0.5, 0.6) is 0 Å². The Morgan fingerprint density at radius 1 is 1.30 bits per heavy atom. The zero-order valence-electron chi connectivity index (χ0n) is 12.3. The van der Waals surface area contributed by atoms with Crippen molar-refractivity contribution in [1.29, 1.82) is 0 Å². The number of hydrogen-bond donors (Lipinski definition) is 3. The topological polar surface area (TPSA) is 62.6 Å². The Balaban J connectivity index is 1.99. The Labute approximate surface area is 119 Å². The highest BCUT2D eigenvalue weighted by atomic mass is 16.2. The van der Waals surface area contributed by atoms with Gasteiger partial charge in [-0.05, 0) is 31.9 Å². The van der Waals surface area contributed by atoms with E-state index in [1.165, 1.54) is 5.56 Å². The second-order valence-corrected chi connectivity index (χ2v) is 5.53. The van der Waals surface area contributed by atoms with Gasteiger partial charge >= 0.3 is 0 Å². The summed E-state index contributed by atoms with van der Waals surface area (Å²) in [6, 6.07) is 4.12. The number of carbonyl (C=O) groups is 2. The van der Waals surface area contributed by atoms with Crippen LogP contribution in [-0.2, 0) is 9.59 Å². The maximum atomic E-state index is 12.1. The van der Waals surface area contributed by atoms with Gasteiger partial charge in [0, 0.05) is 5.69 Å². The fourth-order valence-electron chi connectivity index (χ4n) is 2.70. The van der Waals surface area contributed by atoms with Crippen molar-refractivity contribution in [2.24, 2.45) is 0 Å². The molecule has 0 aliphatic carbocycles. The summed E-state index contributed by atoms with van der Waals surface area (Å²) in [5, 5.41) is 5.74. The lowest BCUT2D eigenvalue weighted by molar-refractivity contribution is -0.885. The number of quaternary nitrogens is 1. The molecule has 1 aliphatic heterocycles. The first-order valence-electron chi connectivity index (χ1n) is 6.93. The van der Waals surface area contributed by atoms with Crippen molar-refractivity contribution in [3.63, 3.8) is 0 Å². The summed E-state index contributed by atoms with van der Waals surface area (Å²) >= 11 is 0. The third kappa shape index (κ3) is 3.57. The molecule has 1 saturated heterocycles. The first kappa shape index (κ1) is 14.5. The Morgan fingerprint density at radius 3 is 2.55 bits per heavy atom. The highest BCUT2D eigenvalue weighted by Crippen LogP contribution is 2.21. The van der Waals surface area contributed by atoms with Crippen LogP contribution in [0.2, 0.25) is 0 Å². The van der Waals surface area contributed by atoms with Gasteiger partial charge < -0.3 is 15.5 Å². The highest BCUT2D eigenvalue weighted by molar-refractivity contribution is 5.93. The van der Waals surface area contributed by atoms with Crippen molar-refractivity contribution in [3.05, 3.63) is 28.8 Å². The average molecular weight is 276 g/mol. The number of anilines is 1. The molecule has 108 valence electrons. The van der Waals surface area contributed by atoms with Crippen LogP contribution in [-0.4, -0.2) is 38.0 Å². The van der Waals surface area contributed by atoms with Crippen LogP contribution in [0.1, 0.15) is 16.7 Å². The van der Waals surface area contributed by atoms with Crippen LogP contribution in [0.25, 0.3) is 0 Å². The summed E-state index contributed by atoms with van der Waals surface area (Å²) in [5.41, 5.74) is 4.22. The van der Waals surface area contributed by atoms with Gasteiger partial charge in [0.25, 0.3) is 11.8 Å². The van der Waals surface area contributed by atoms with Crippen molar-refractivity contribution in [2.45, 2.75) is 20.8 Å². The number of carbonyl (C=O) groups excluding carboxylic acids is 2. The van der Waals surface area contributed by atoms with Crippen LogP contribution >= 0.6 is 0 Å². The summed E-state index contributed by atoms with van der Waals surface area (Å²) in [6.07, 6.45) is 0. The molecule has 5 heteroatoms. The van der Waals surface area contributed by atoms with Gasteiger partial charge in [-0.1, -0.05) is 17.7 Å². The minimum atomic E-state index is -0.0373. The fraction of sp³-hybridized carbons (Fsp3) is 0.467. The predicted molar refractivity (Wildman–Crippen MR) is 77.9 cm³/mol. The maximum Gasteiger partial charge on any atom is 0.279 e. The molecule has 1 atom stereocenters. The van der Waals surface area contributed by atoms with Gasteiger partial charge in [0.05, 0.1) is 13.1 Å². The second kappa shape index (κ2) is 6.05. The number of hydrogen-bond acceptors (Lipinski definition) is 2. The normalized spacial score (nSPS) is 18.6. The molecule has 1 unspecified atom stereocenters. The van der Waals surface area contributed by atoms with Crippen LogP contribution in [0, 0.1) is 20.8 Å². The largest absolute Gasteiger partial charge is 0.346 e. The van der Waals surface area contributed by atoms with Crippen molar-refractivity contribution in [3.8, 4) is 0 Å². The highest BCUT2D eigenvalue weighted by Gasteiger charge is 2.22. The van der Waals surface area contributed by atoms with E-state index in [4.69, 9.17) is 0 Å². The second-order valence-electron chi connectivity index (χ2n) is 5.53. The first-order valence-corrected chi connectivity index (χ1v) is 6.93. The van der Waals surface area contributed by atoms with Crippen LogP contribution in [0.3, 0.4) is 0 Å². The number of piperazine rings is 1. The third-order valence-electron chi connectivity index (χ3n) is 3.56. The summed E-state index contributed by atoms with van der Waals surface area (Å²) in [6.45, 7) is 8.18. The summed E-state index contributed by atoms with van der Waals surface area (Å²) in [7, 11) is 0. The molecule has 0 spiro atoms. The van der Waals surface area contributed by atoms with Gasteiger partial charge in [-0.15, -0.1) is 0 Å². The van der Waals surface area contributed by atoms with Crippen molar-refractivity contribution in [2.75, 3.05) is 31.5 Å². The standard InChI is InChI=1S/C15H21N3O2/c1-10-6-11(2)15(12(3)7-10)17-14(20)9-18-5-4-16-13(19)8-18/h6-7H,4-5,8-9H2,1-3H3,(H,16,19)(H,17,20)/p+1. The van der Waals surface area contributed by atoms with E-state index in [2.05, 4.69) is 22.8 Å². The number of amides is 2. The van der Waals surface area contributed by atoms with E-state index in [0.29, 0.717) is 19.6 Å². The quantitative estimate of drug-likeness (QED) is 0.701. The van der Waals surface area contributed by atoms with Gasteiger partial charge in [0.15, 0.2) is 13.1 Å². The van der Waals surface area contributed by atoms with Gasteiger partial charge in [-0.2, -0.15) is 0 Å². The van der Waals surface area contributed by atoms with E-state index >= 15 is 0 Å². The molecule has 0 radical (unpaired) electrons. The molecule has 0 saturated carbocycles. The fourth-order valence-corrected chi connectivity index (χ4v) is 2.70. The molecule has 0 bridgehead atoms. The molecule has 3 N–H and O–H groups in total. The minimum Gasteiger partial charge on any atom is -0.346 e. The van der Waals surface area contributed by atoms with E-state index in [0.717, 1.165) is 28.3 Å². The van der Waals surface area contributed by atoms with Crippen LogP contribution in [0.15, 0.2) is 12.1 Å². The number of benzene rings is 1. The van der Waals surface area contributed by atoms with Crippen molar-refractivity contribution in [1.82, 2.24) is 5.32 Å². The summed E-state index contributed by atoms with van der Waals surface area (Å²) < 4.78 is 0. The minimum absolute atomic E-state index is 0.0155. The molecule has 5 nitrogen and oxygen atoms in total. The Hall–Kier alpha value is -1.88. The lowest BCUT2D eigenvalue weighted by Gasteiger charge is -2.23. The SMILES string of the molecule is Cc1cc(C)c(NC(=O)C[NH+]2CCNC(=O)C2)c(C)c1. The van der Waals surface area contributed by atoms with Gasteiger partial charge in [-0.25, -0.2) is 0 Å². The van der Waals surface area contributed by atoms with Crippen LogP contribution in [0.4, 0.5) is 5.69 Å². The molecule has 2 rings (SSSR count). The molecule has 1 aromatic carbocycles. The van der Waals surface area contributed by atoms with E-state index < -0.39 is 0 Å². The van der Waals surface area contributed by atoms with Crippen molar-refractivity contribution < 1.29 is 14.5 Å². The number of nitrogens with one attached hydrogen (secondary N) is 3. The molecule has 20 heavy (non-hydrogen) atoms. The third-order valence-corrected chi connectivity index (χ3v) is 3.56. The summed E-state index contributed by atoms with van der Waals surface area (Å²) in [4.78, 5) is 24.4. The van der Waals surface area contributed by atoms with E-state index in [1.807, 2.05) is 20.8 Å². The average Bonchev–Trinajstić information content (AvgIpc) is 2.33. The monoisotopic (exact) mass is 276 g/mol. The van der Waals surface area contributed by atoms with E-state index in [9.17, 15) is 9.59 Å². The smallest absolute Gasteiger partial charge is 0.279 e. The molecule has 0 aromatic heterocycles. The molecule has 2 amide bonds. The van der Waals surface area contributed by atoms with Gasteiger partial charge in [0.1, 0.15) is 0 Å². The Morgan fingerprint density at radius 2 is 1.95 bits per heavy atom. The van der Waals surface area contributed by atoms with Crippen LogP contribution < -0.4 is 15.5 Å². The van der Waals surface area contributed by atoms with Gasteiger partial charge in [0.2, 0.25) is 0 Å². The molecule has 1 heterocycles. The molecule has 1 aliphatic rings. The predicted octanol–water partition coefficient (Wildman–Crippen LogP) is -0.435. The zero-order valence-corrected chi connectivity index (χ0v) is 12.3. The molecule has 1 aromatic rings. The number of aryl methyl sites for hydroxylation is 3. The van der Waals surface area contributed by atoms with Gasteiger partial charge in [-0.3, -0.25) is 9.59 Å². The maximum absolute atomic E-state index is 12.1. The Kier molecular flexibility index (Phi) is 4.39. The molecular weight excluding hydrogens is 254 g/mol. The lowest BCUT2D eigenvalue weighted by Crippen LogP contribution is -3.16. The molecule has 1 fully saturated rings. The lowest BCUT2D eigenvalue weighted by atomic mass is 10.1. The van der Waals surface area contributed by atoms with E-state index in [-0.39, 0.29) is 11.8 Å². The Bertz CT molecular complexity index is 517. The van der Waals surface area contributed by atoms with E-state index in [1.54, 1.807) is 0 Å².